The van der Waals surface area contributed by atoms with Gasteiger partial charge in [0.1, 0.15) is 11.5 Å². The zero-order chi connectivity index (χ0) is 20.1. The van der Waals surface area contributed by atoms with Crippen LogP contribution in [0.3, 0.4) is 0 Å². The molecular weight excluding hydrogens is 371 g/mol. The van der Waals surface area contributed by atoms with Crippen LogP contribution in [-0.2, 0) is 4.74 Å². The largest absolute Gasteiger partial charge is 0.378 e. The Morgan fingerprint density at radius 1 is 1.00 bits per heavy atom. The molecule has 0 radical (unpaired) electrons. The van der Waals surface area contributed by atoms with Crippen LogP contribution in [0.2, 0.25) is 0 Å². The molecule has 1 amide bonds. The zero-order valence-electron chi connectivity index (χ0n) is 15.8. The van der Waals surface area contributed by atoms with Gasteiger partial charge in [0, 0.05) is 30.7 Å². The van der Waals surface area contributed by atoms with Gasteiger partial charge in [-0.3, -0.25) is 9.78 Å². The molecule has 0 atom stereocenters. The van der Waals surface area contributed by atoms with E-state index in [9.17, 15) is 9.18 Å². The normalized spacial score (nSPS) is 13.8. The van der Waals surface area contributed by atoms with Crippen molar-refractivity contribution in [3.05, 3.63) is 78.4 Å². The number of benzene rings is 2. The number of hydrogen-bond acceptors (Lipinski definition) is 5. The lowest BCUT2D eigenvalue weighted by Gasteiger charge is -2.30. The summed E-state index contributed by atoms with van der Waals surface area (Å²) in [5.41, 5.74) is 3.40. The number of pyridine rings is 1. The standard InChI is InChI=1S/C22H21FN4O2/c23-16-5-7-17(8-6-16)25-18-9-10-24-20(15-18)22(28)26-19-3-1-2-4-21(19)27-11-13-29-14-12-27/h1-10,15H,11-14H2,(H,24,25)(H,26,28). The monoisotopic (exact) mass is 392 g/mol. The van der Waals surface area contributed by atoms with Gasteiger partial charge >= 0.3 is 0 Å². The van der Waals surface area contributed by atoms with E-state index in [2.05, 4.69) is 20.5 Å². The summed E-state index contributed by atoms with van der Waals surface area (Å²) in [7, 11) is 0. The van der Waals surface area contributed by atoms with Crippen LogP contribution in [0.4, 0.5) is 27.1 Å². The molecule has 3 aromatic rings. The van der Waals surface area contributed by atoms with E-state index in [0.717, 1.165) is 30.2 Å². The van der Waals surface area contributed by atoms with E-state index in [1.54, 1.807) is 30.5 Å². The number of nitrogens with one attached hydrogen (secondary N) is 2. The number of carbonyl (C=O) groups excluding carboxylic acids is 1. The zero-order valence-corrected chi connectivity index (χ0v) is 15.8. The van der Waals surface area contributed by atoms with E-state index in [0.29, 0.717) is 18.9 Å². The number of anilines is 4. The summed E-state index contributed by atoms with van der Waals surface area (Å²) in [6.07, 6.45) is 1.56. The first kappa shape index (κ1) is 18.9. The molecule has 0 unspecified atom stereocenters. The third kappa shape index (κ3) is 4.70. The second-order valence-corrected chi connectivity index (χ2v) is 6.63. The van der Waals surface area contributed by atoms with E-state index in [4.69, 9.17) is 4.74 Å². The Kier molecular flexibility index (Phi) is 5.67. The minimum Gasteiger partial charge on any atom is -0.378 e. The number of para-hydroxylation sites is 2. The highest BCUT2D eigenvalue weighted by Crippen LogP contribution is 2.27. The molecule has 7 heteroatoms. The highest BCUT2D eigenvalue weighted by atomic mass is 19.1. The van der Waals surface area contributed by atoms with Crippen molar-refractivity contribution in [2.45, 2.75) is 0 Å². The lowest BCUT2D eigenvalue weighted by Crippen LogP contribution is -2.36. The summed E-state index contributed by atoms with van der Waals surface area (Å²) < 4.78 is 18.5. The molecule has 2 heterocycles. The van der Waals surface area contributed by atoms with Crippen molar-refractivity contribution >= 4 is 28.7 Å². The summed E-state index contributed by atoms with van der Waals surface area (Å²) in [5, 5.41) is 6.11. The number of morpholine rings is 1. The van der Waals surface area contributed by atoms with Crippen LogP contribution < -0.4 is 15.5 Å². The van der Waals surface area contributed by atoms with Gasteiger partial charge < -0.3 is 20.3 Å². The number of carbonyl (C=O) groups is 1. The maximum absolute atomic E-state index is 13.1. The highest BCUT2D eigenvalue weighted by molar-refractivity contribution is 6.05. The first-order valence-corrected chi connectivity index (χ1v) is 9.41. The van der Waals surface area contributed by atoms with Gasteiger partial charge in [0.15, 0.2) is 0 Å². The van der Waals surface area contributed by atoms with Crippen LogP contribution in [0.25, 0.3) is 0 Å². The molecule has 0 spiro atoms. The summed E-state index contributed by atoms with van der Waals surface area (Å²) in [4.78, 5) is 19.2. The van der Waals surface area contributed by atoms with Crippen LogP contribution in [0.1, 0.15) is 10.5 Å². The molecule has 1 aliphatic rings. The van der Waals surface area contributed by atoms with Gasteiger partial charge in [0.05, 0.1) is 24.6 Å². The molecule has 0 aliphatic carbocycles. The number of rotatable bonds is 5. The average Bonchev–Trinajstić information content (AvgIpc) is 2.76. The predicted octanol–water partition coefficient (Wildman–Crippen LogP) is 4.05. The van der Waals surface area contributed by atoms with Crippen molar-refractivity contribution in [3.8, 4) is 0 Å². The number of aromatic nitrogens is 1. The second kappa shape index (κ2) is 8.70. The molecule has 0 bridgehead atoms. The fourth-order valence-electron chi connectivity index (χ4n) is 3.18. The molecule has 1 aliphatic heterocycles. The Balaban J connectivity index is 1.50. The second-order valence-electron chi connectivity index (χ2n) is 6.63. The third-order valence-corrected chi connectivity index (χ3v) is 4.63. The first-order valence-electron chi connectivity index (χ1n) is 9.41. The lowest BCUT2D eigenvalue weighted by molar-refractivity contribution is 0.102. The number of amides is 1. The average molecular weight is 392 g/mol. The maximum Gasteiger partial charge on any atom is 0.274 e. The summed E-state index contributed by atoms with van der Waals surface area (Å²) in [6.45, 7) is 2.90. The highest BCUT2D eigenvalue weighted by Gasteiger charge is 2.17. The van der Waals surface area contributed by atoms with Gasteiger partial charge in [-0.25, -0.2) is 4.39 Å². The topological polar surface area (TPSA) is 66.5 Å². The van der Waals surface area contributed by atoms with Crippen LogP contribution >= 0.6 is 0 Å². The molecule has 0 saturated carbocycles. The van der Waals surface area contributed by atoms with Crippen LogP contribution in [0, 0.1) is 5.82 Å². The van der Waals surface area contributed by atoms with Crippen LogP contribution in [0.5, 0.6) is 0 Å². The van der Waals surface area contributed by atoms with Crippen molar-refractivity contribution in [1.82, 2.24) is 4.98 Å². The lowest BCUT2D eigenvalue weighted by atomic mass is 10.2. The Morgan fingerprint density at radius 2 is 1.76 bits per heavy atom. The van der Waals surface area contributed by atoms with Gasteiger partial charge in [-0.05, 0) is 48.5 Å². The molecule has 2 N–H and O–H groups in total. The van der Waals surface area contributed by atoms with Crippen molar-refractivity contribution in [2.24, 2.45) is 0 Å². The van der Waals surface area contributed by atoms with Crippen molar-refractivity contribution < 1.29 is 13.9 Å². The fraction of sp³-hybridized carbons (Fsp3) is 0.182. The van der Waals surface area contributed by atoms with E-state index in [1.807, 2.05) is 24.3 Å². The summed E-state index contributed by atoms with van der Waals surface area (Å²) >= 11 is 0. The molecule has 4 rings (SSSR count). The summed E-state index contributed by atoms with van der Waals surface area (Å²) in [5.74, 6) is -0.599. The van der Waals surface area contributed by atoms with Gasteiger partial charge in [-0.15, -0.1) is 0 Å². The van der Waals surface area contributed by atoms with Crippen LogP contribution in [-0.4, -0.2) is 37.2 Å². The molecule has 1 saturated heterocycles. The predicted molar refractivity (Wildman–Crippen MR) is 111 cm³/mol. The smallest absolute Gasteiger partial charge is 0.274 e. The number of nitrogens with zero attached hydrogens (tertiary/aromatic N) is 2. The van der Waals surface area contributed by atoms with Gasteiger partial charge in [-0.1, -0.05) is 12.1 Å². The Morgan fingerprint density at radius 3 is 2.55 bits per heavy atom. The van der Waals surface area contributed by atoms with Gasteiger partial charge in [0.2, 0.25) is 0 Å². The molecule has 1 aromatic heterocycles. The van der Waals surface area contributed by atoms with E-state index in [1.165, 1.54) is 12.1 Å². The van der Waals surface area contributed by atoms with E-state index < -0.39 is 0 Å². The number of ether oxygens (including phenoxy) is 1. The van der Waals surface area contributed by atoms with Gasteiger partial charge in [-0.2, -0.15) is 0 Å². The molecule has 29 heavy (non-hydrogen) atoms. The van der Waals surface area contributed by atoms with Crippen LogP contribution in [0.15, 0.2) is 66.9 Å². The molecule has 6 nitrogen and oxygen atoms in total. The maximum atomic E-state index is 13.1. The van der Waals surface area contributed by atoms with Gasteiger partial charge in [0.25, 0.3) is 5.91 Å². The fourth-order valence-corrected chi connectivity index (χ4v) is 3.18. The Bertz CT molecular complexity index is 988. The quantitative estimate of drug-likeness (QED) is 0.686. The van der Waals surface area contributed by atoms with E-state index in [-0.39, 0.29) is 17.4 Å². The summed E-state index contributed by atoms with van der Waals surface area (Å²) in [6, 6.07) is 17.1. The molecule has 2 aromatic carbocycles. The van der Waals surface area contributed by atoms with E-state index >= 15 is 0 Å². The van der Waals surface area contributed by atoms with Crippen molar-refractivity contribution in [1.29, 1.82) is 0 Å². The Hall–Kier alpha value is -3.45. The number of halogens is 1. The number of hydrogen-bond donors (Lipinski definition) is 2. The van der Waals surface area contributed by atoms with Crippen molar-refractivity contribution in [3.63, 3.8) is 0 Å². The molecule has 148 valence electrons. The SMILES string of the molecule is O=C(Nc1ccccc1N1CCOCC1)c1cc(Nc2ccc(F)cc2)ccn1. The minimum atomic E-state index is -0.302. The molecule has 1 fully saturated rings. The third-order valence-electron chi connectivity index (χ3n) is 4.63. The minimum absolute atomic E-state index is 0.286. The Labute approximate surface area is 168 Å². The molecular formula is C22H21FN4O2. The van der Waals surface area contributed by atoms with Crippen molar-refractivity contribution in [2.75, 3.05) is 41.8 Å². The first-order chi connectivity index (χ1) is 14.2.